The van der Waals surface area contributed by atoms with Crippen molar-refractivity contribution in [2.75, 3.05) is 18.6 Å². The summed E-state index contributed by atoms with van der Waals surface area (Å²) >= 11 is 0. The Morgan fingerprint density at radius 3 is 2.89 bits per heavy atom. The lowest BCUT2D eigenvalue weighted by atomic mass is 10.0. The average Bonchev–Trinajstić information content (AvgIpc) is 3.61. The lowest BCUT2D eigenvalue weighted by Crippen LogP contribution is -2.24. The molecular formula is C25H19F2N7O. The number of hydrogen-bond acceptors (Lipinski definition) is 5. The number of nitrogens with one attached hydrogen (secondary N) is 1. The zero-order valence-electron chi connectivity index (χ0n) is 18.7. The van der Waals surface area contributed by atoms with Gasteiger partial charge in [0.25, 0.3) is 0 Å². The number of anilines is 1. The van der Waals surface area contributed by atoms with Crippen molar-refractivity contribution in [2.24, 2.45) is 0 Å². The summed E-state index contributed by atoms with van der Waals surface area (Å²) in [7, 11) is 1.52. The standard InChI is InChI=1S/C25H19F2N7O/c1-28-20-11-18-19(12-22(20)35-2)31-24(30-18)16-13-29-34-9-7-23(32-25(16)34)33-8-3-4-21(33)15-10-14(26)5-6-17(15)27/h5-7,9-13,21H,3-4,8H2,2H3,(H,30,31)/t21-/m0/s1. The molecule has 10 heteroatoms. The molecule has 0 aliphatic carbocycles. The van der Waals surface area contributed by atoms with Gasteiger partial charge in [-0.15, -0.1) is 0 Å². The summed E-state index contributed by atoms with van der Waals surface area (Å²) in [4.78, 5) is 18.3. The fraction of sp³-hybridized carbons (Fsp3) is 0.200. The first kappa shape index (κ1) is 21.0. The van der Waals surface area contributed by atoms with Gasteiger partial charge < -0.3 is 14.6 Å². The molecule has 1 saturated heterocycles. The molecule has 1 aliphatic heterocycles. The Balaban J connectivity index is 1.42. The topological polar surface area (TPSA) is 75.7 Å². The van der Waals surface area contributed by atoms with Crippen LogP contribution in [-0.2, 0) is 0 Å². The van der Waals surface area contributed by atoms with Gasteiger partial charge >= 0.3 is 0 Å². The second-order valence-electron chi connectivity index (χ2n) is 8.37. The van der Waals surface area contributed by atoms with Crippen LogP contribution in [0.2, 0.25) is 0 Å². The molecule has 0 unspecified atom stereocenters. The molecule has 0 radical (unpaired) electrons. The van der Waals surface area contributed by atoms with Crippen LogP contribution in [0.25, 0.3) is 32.9 Å². The number of halogens is 2. The van der Waals surface area contributed by atoms with Crippen LogP contribution >= 0.6 is 0 Å². The molecule has 3 aromatic heterocycles. The van der Waals surface area contributed by atoms with Crippen molar-refractivity contribution >= 4 is 28.2 Å². The van der Waals surface area contributed by atoms with Crippen molar-refractivity contribution in [1.29, 1.82) is 0 Å². The molecule has 35 heavy (non-hydrogen) atoms. The van der Waals surface area contributed by atoms with E-state index in [0.717, 1.165) is 12.5 Å². The zero-order chi connectivity index (χ0) is 24.1. The molecule has 0 saturated carbocycles. The van der Waals surface area contributed by atoms with E-state index in [2.05, 4.69) is 19.9 Å². The number of aromatic nitrogens is 5. The molecule has 8 nitrogen and oxygen atoms in total. The normalized spacial score (nSPS) is 15.7. The molecule has 1 fully saturated rings. The number of nitrogens with zero attached hydrogens (tertiary/aromatic N) is 6. The smallest absolute Gasteiger partial charge is 0.230 e. The average molecular weight is 471 g/mol. The van der Waals surface area contributed by atoms with Crippen LogP contribution in [0.3, 0.4) is 0 Å². The third kappa shape index (κ3) is 3.44. The molecule has 0 bridgehead atoms. The van der Waals surface area contributed by atoms with Gasteiger partial charge in [-0.25, -0.2) is 28.1 Å². The first-order valence-electron chi connectivity index (χ1n) is 11.1. The Bertz CT molecular complexity index is 1630. The SMILES string of the molecule is [C-]#[N+]c1cc2[nH]c(-c3cnn4ccc(N5CCC[C@H]5c5cc(F)ccc5F)nc34)nc2cc1OC. The van der Waals surface area contributed by atoms with Crippen molar-refractivity contribution in [2.45, 2.75) is 18.9 Å². The number of methoxy groups -OCH3 is 1. The predicted molar refractivity (Wildman–Crippen MR) is 127 cm³/mol. The minimum Gasteiger partial charge on any atom is -0.508 e. The maximum absolute atomic E-state index is 14.5. The van der Waals surface area contributed by atoms with E-state index in [1.807, 2.05) is 11.0 Å². The Kier molecular flexibility index (Phi) is 4.84. The number of hydrogen-bond donors (Lipinski definition) is 1. The number of aromatic amines is 1. The van der Waals surface area contributed by atoms with E-state index in [9.17, 15) is 8.78 Å². The fourth-order valence-electron chi connectivity index (χ4n) is 4.73. The monoisotopic (exact) mass is 471 g/mol. The van der Waals surface area contributed by atoms with Crippen molar-refractivity contribution in [3.05, 3.63) is 77.4 Å². The molecule has 1 N–H and O–H groups in total. The van der Waals surface area contributed by atoms with Gasteiger partial charge in [-0.2, -0.15) is 5.10 Å². The molecule has 5 aromatic rings. The number of H-pyrrole nitrogens is 1. The summed E-state index contributed by atoms with van der Waals surface area (Å²) in [6.07, 6.45) is 5.01. The van der Waals surface area contributed by atoms with Crippen LogP contribution in [-0.4, -0.2) is 38.2 Å². The Labute approximate surface area is 198 Å². The van der Waals surface area contributed by atoms with Gasteiger partial charge in [0.1, 0.15) is 29.0 Å². The van der Waals surface area contributed by atoms with Crippen LogP contribution in [0, 0.1) is 18.2 Å². The van der Waals surface area contributed by atoms with Gasteiger partial charge in [-0.1, -0.05) is 0 Å². The third-order valence-corrected chi connectivity index (χ3v) is 6.38. The van der Waals surface area contributed by atoms with Crippen LogP contribution < -0.4 is 9.64 Å². The van der Waals surface area contributed by atoms with Crippen molar-refractivity contribution in [1.82, 2.24) is 24.6 Å². The quantitative estimate of drug-likeness (QED) is 0.353. The maximum atomic E-state index is 14.5. The second-order valence-corrected chi connectivity index (χ2v) is 8.37. The van der Waals surface area contributed by atoms with E-state index < -0.39 is 11.6 Å². The summed E-state index contributed by atoms with van der Waals surface area (Å²) in [5.74, 6) is 0.774. The predicted octanol–water partition coefficient (Wildman–Crippen LogP) is 5.45. The number of ether oxygens (including phenoxy) is 1. The van der Waals surface area contributed by atoms with Gasteiger partial charge in [0, 0.05) is 18.3 Å². The van der Waals surface area contributed by atoms with Crippen LogP contribution in [0.5, 0.6) is 5.75 Å². The van der Waals surface area contributed by atoms with E-state index >= 15 is 0 Å². The summed E-state index contributed by atoms with van der Waals surface area (Å²) in [6.45, 7) is 8.04. The zero-order valence-corrected chi connectivity index (χ0v) is 18.7. The van der Waals surface area contributed by atoms with Crippen LogP contribution in [0.4, 0.5) is 20.3 Å². The molecule has 0 amide bonds. The van der Waals surface area contributed by atoms with Gasteiger partial charge in [-0.3, -0.25) is 0 Å². The van der Waals surface area contributed by atoms with Crippen LogP contribution in [0.15, 0.2) is 48.8 Å². The minimum atomic E-state index is -0.461. The van der Waals surface area contributed by atoms with E-state index in [0.29, 0.717) is 63.9 Å². The minimum absolute atomic E-state index is 0.308. The number of benzene rings is 2. The highest BCUT2D eigenvalue weighted by Crippen LogP contribution is 2.38. The van der Waals surface area contributed by atoms with Crippen molar-refractivity contribution in [3.8, 4) is 17.1 Å². The first-order chi connectivity index (χ1) is 17.1. The molecule has 1 atom stereocenters. The summed E-state index contributed by atoms with van der Waals surface area (Å²) in [5, 5.41) is 4.40. The van der Waals surface area contributed by atoms with Crippen molar-refractivity contribution < 1.29 is 13.5 Å². The first-order valence-corrected chi connectivity index (χ1v) is 11.1. The molecule has 6 rings (SSSR count). The molecular weight excluding hydrogens is 452 g/mol. The molecule has 4 heterocycles. The Hall–Kier alpha value is -4.52. The summed E-state index contributed by atoms with van der Waals surface area (Å²) < 4.78 is 35.4. The Morgan fingerprint density at radius 1 is 1.17 bits per heavy atom. The molecule has 1 aliphatic rings. The second kappa shape index (κ2) is 8.06. The van der Waals surface area contributed by atoms with Gasteiger partial charge in [0.2, 0.25) is 5.69 Å². The van der Waals surface area contributed by atoms with Gasteiger partial charge in [0.15, 0.2) is 5.65 Å². The lowest BCUT2D eigenvalue weighted by molar-refractivity contribution is 0.418. The molecule has 2 aromatic carbocycles. The molecule has 174 valence electrons. The van der Waals surface area contributed by atoms with Crippen molar-refractivity contribution in [3.63, 3.8) is 0 Å². The van der Waals surface area contributed by atoms with Gasteiger partial charge in [-0.05, 0) is 49.2 Å². The largest absolute Gasteiger partial charge is 0.508 e. The highest BCUT2D eigenvalue weighted by atomic mass is 19.1. The van der Waals surface area contributed by atoms with E-state index in [4.69, 9.17) is 16.3 Å². The number of fused-ring (bicyclic) bond motifs is 2. The maximum Gasteiger partial charge on any atom is 0.230 e. The Morgan fingerprint density at radius 2 is 2.06 bits per heavy atom. The third-order valence-electron chi connectivity index (χ3n) is 6.38. The summed E-state index contributed by atoms with van der Waals surface area (Å²) in [6, 6.07) is 8.50. The summed E-state index contributed by atoms with van der Waals surface area (Å²) in [5.41, 5.74) is 3.33. The van der Waals surface area contributed by atoms with E-state index in [-0.39, 0.29) is 6.04 Å². The highest BCUT2D eigenvalue weighted by Gasteiger charge is 2.30. The molecule has 0 spiro atoms. The van der Waals surface area contributed by atoms with E-state index in [1.165, 1.54) is 19.2 Å². The fourth-order valence-corrected chi connectivity index (χ4v) is 4.73. The number of imidazole rings is 1. The highest BCUT2D eigenvalue weighted by molar-refractivity contribution is 5.87. The lowest BCUT2D eigenvalue weighted by Gasteiger charge is -2.26. The van der Waals surface area contributed by atoms with E-state index in [1.54, 1.807) is 29.0 Å². The van der Waals surface area contributed by atoms with Crippen LogP contribution in [0.1, 0.15) is 24.4 Å². The number of rotatable bonds is 4. The van der Waals surface area contributed by atoms with Gasteiger partial charge in [0.05, 0.1) is 42.5 Å².